The van der Waals surface area contributed by atoms with Gasteiger partial charge in [0.2, 0.25) is 5.91 Å². The topological polar surface area (TPSA) is 103 Å². The third-order valence-corrected chi connectivity index (χ3v) is 4.28. The van der Waals surface area contributed by atoms with Gasteiger partial charge in [0.1, 0.15) is 17.5 Å². The number of ether oxygens (including phenoxy) is 2. The summed E-state index contributed by atoms with van der Waals surface area (Å²) in [5.74, 6) is 0.412. The van der Waals surface area contributed by atoms with Crippen molar-refractivity contribution in [2.75, 3.05) is 24.9 Å². The van der Waals surface area contributed by atoms with Gasteiger partial charge in [-0.15, -0.1) is 0 Å². The van der Waals surface area contributed by atoms with Crippen LogP contribution in [0.4, 0.5) is 17.1 Å². The molecule has 10 heteroatoms. The fraction of sp³-hybridized carbons (Fsp3) is 0.235. The molecule has 0 fully saturated rings. The molecule has 27 heavy (non-hydrogen) atoms. The maximum Gasteiger partial charge on any atom is 0.271 e. The van der Waals surface area contributed by atoms with Crippen molar-refractivity contribution in [3.63, 3.8) is 0 Å². The first-order valence-electron chi connectivity index (χ1n) is 7.69. The lowest BCUT2D eigenvalue weighted by molar-refractivity contribution is -0.384. The van der Waals surface area contributed by atoms with E-state index in [1.165, 1.54) is 32.4 Å². The van der Waals surface area contributed by atoms with E-state index in [2.05, 4.69) is 10.6 Å². The van der Waals surface area contributed by atoms with E-state index in [9.17, 15) is 14.9 Å². The van der Waals surface area contributed by atoms with E-state index in [0.717, 1.165) is 0 Å². The minimum Gasteiger partial charge on any atom is -0.495 e. The summed E-state index contributed by atoms with van der Waals surface area (Å²) < 4.78 is 10.4. The van der Waals surface area contributed by atoms with Crippen LogP contribution in [0.5, 0.6) is 11.5 Å². The van der Waals surface area contributed by atoms with Crippen LogP contribution in [0.15, 0.2) is 30.3 Å². The molecule has 1 atom stereocenters. The lowest BCUT2D eigenvalue weighted by atomic mass is 10.2. The molecule has 0 aliphatic carbocycles. The van der Waals surface area contributed by atoms with Crippen molar-refractivity contribution in [1.82, 2.24) is 0 Å². The molecule has 1 unspecified atom stereocenters. The molecule has 1 amide bonds. The Balaban J connectivity index is 2.18. The van der Waals surface area contributed by atoms with Crippen molar-refractivity contribution in [1.29, 1.82) is 0 Å². The van der Waals surface area contributed by atoms with Crippen LogP contribution in [0.3, 0.4) is 0 Å². The Morgan fingerprint density at radius 3 is 2.33 bits per heavy atom. The van der Waals surface area contributed by atoms with Gasteiger partial charge >= 0.3 is 0 Å². The molecule has 0 aliphatic heterocycles. The number of benzene rings is 2. The van der Waals surface area contributed by atoms with E-state index in [4.69, 9.17) is 32.7 Å². The smallest absolute Gasteiger partial charge is 0.271 e. The Labute approximate surface area is 165 Å². The van der Waals surface area contributed by atoms with Crippen LogP contribution in [0.25, 0.3) is 0 Å². The van der Waals surface area contributed by atoms with Gasteiger partial charge in [0.25, 0.3) is 5.69 Å². The molecule has 0 radical (unpaired) electrons. The number of nitrogens with one attached hydrogen (secondary N) is 2. The van der Waals surface area contributed by atoms with E-state index in [-0.39, 0.29) is 16.4 Å². The Morgan fingerprint density at radius 2 is 1.74 bits per heavy atom. The molecule has 0 saturated carbocycles. The molecule has 0 aliphatic rings. The average Bonchev–Trinajstić information content (AvgIpc) is 2.63. The number of nitro benzene ring substituents is 1. The summed E-state index contributed by atoms with van der Waals surface area (Å²) >= 11 is 12.1. The molecule has 8 nitrogen and oxygen atoms in total. The first-order valence-corrected chi connectivity index (χ1v) is 8.45. The van der Waals surface area contributed by atoms with Gasteiger partial charge in [0.05, 0.1) is 40.6 Å². The highest BCUT2D eigenvalue weighted by Crippen LogP contribution is 2.36. The lowest BCUT2D eigenvalue weighted by Gasteiger charge is -2.19. The summed E-state index contributed by atoms with van der Waals surface area (Å²) in [6, 6.07) is 6.23. The zero-order chi connectivity index (χ0) is 20.1. The standard InChI is InChI=1S/C17H17Cl2N3O5/c1-9(20-14-7-12(19)15(26-2)8-16(14)27-3)17(23)21-13-6-10(22(24)25)4-5-11(13)18/h4-9,20H,1-3H3,(H,21,23). The molecule has 2 aromatic rings. The lowest BCUT2D eigenvalue weighted by Crippen LogP contribution is -2.32. The molecule has 0 saturated heterocycles. The number of nitrogens with zero attached hydrogens (tertiary/aromatic N) is 1. The van der Waals surface area contributed by atoms with Crippen molar-refractivity contribution in [2.24, 2.45) is 0 Å². The van der Waals surface area contributed by atoms with Crippen LogP contribution < -0.4 is 20.1 Å². The van der Waals surface area contributed by atoms with E-state index in [1.54, 1.807) is 19.1 Å². The predicted molar refractivity (Wildman–Crippen MR) is 104 cm³/mol. The number of halogens is 2. The van der Waals surface area contributed by atoms with Gasteiger partial charge in [-0.25, -0.2) is 0 Å². The van der Waals surface area contributed by atoms with Crippen LogP contribution in [-0.2, 0) is 4.79 Å². The summed E-state index contributed by atoms with van der Waals surface area (Å²) in [4.78, 5) is 22.8. The minimum absolute atomic E-state index is 0.143. The van der Waals surface area contributed by atoms with Crippen molar-refractivity contribution < 1.29 is 19.2 Å². The molecular formula is C17H17Cl2N3O5. The predicted octanol–water partition coefficient (Wildman–Crippen LogP) is 4.36. The second-order valence-corrected chi connectivity index (χ2v) is 6.28. The van der Waals surface area contributed by atoms with E-state index in [1.807, 2.05) is 0 Å². The van der Waals surface area contributed by atoms with E-state index in [0.29, 0.717) is 22.2 Å². The first kappa shape index (κ1) is 20.6. The first-order chi connectivity index (χ1) is 12.8. The van der Waals surface area contributed by atoms with Crippen LogP contribution in [0, 0.1) is 10.1 Å². The normalized spacial score (nSPS) is 11.4. The molecule has 0 heterocycles. The Hall–Kier alpha value is -2.71. The number of carbonyl (C=O) groups excluding carboxylic acids is 1. The second-order valence-electron chi connectivity index (χ2n) is 5.46. The molecule has 2 aromatic carbocycles. The van der Waals surface area contributed by atoms with Gasteiger partial charge in [0.15, 0.2) is 0 Å². The molecule has 2 N–H and O–H groups in total. The molecule has 144 valence electrons. The number of carbonyl (C=O) groups is 1. The van der Waals surface area contributed by atoms with Gasteiger partial charge in [-0.1, -0.05) is 23.2 Å². The third-order valence-electron chi connectivity index (χ3n) is 3.66. The van der Waals surface area contributed by atoms with Gasteiger partial charge in [0, 0.05) is 18.2 Å². The maximum absolute atomic E-state index is 12.5. The van der Waals surface area contributed by atoms with Gasteiger partial charge < -0.3 is 20.1 Å². The van der Waals surface area contributed by atoms with E-state index < -0.39 is 16.9 Å². The zero-order valence-electron chi connectivity index (χ0n) is 14.7. The highest BCUT2D eigenvalue weighted by Gasteiger charge is 2.19. The molecule has 2 rings (SSSR count). The number of methoxy groups -OCH3 is 2. The quantitative estimate of drug-likeness (QED) is 0.516. The molecule has 0 spiro atoms. The Bertz CT molecular complexity index is 876. The Morgan fingerprint density at radius 1 is 1.07 bits per heavy atom. The fourth-order valence-corrected chi connectivity index (χ4v) is 2.64. The van der Waals surface area contributed by atoms with Crippen LogP contribution >= 0.6 is 23.2 Å². The SMILES string of the molecule is COc1cc(OC)c(NC(C)C(=O)Nc2cc([N+](=O)[O-])ccc2Cl)cc1Cl. The Kier molecular flexibility index (Phi) is 6.70. The number of hydrogen-bond acceptors (Lipinski definition) is 6. The fourth-order valence-electron chi connectivity index (χ4n) is 2.24. The number of amides is 1. The van der Waals surface area contributed by atoms with Crippen LogP contribution in [-0.4, -0.2) is 31.1 Å². The highest BCUT2D eigenvalue weighted by atomic mass is 35.5. The minimum atomic E-state index is -0.723. The second kappa shape index (κ2) is 8.79. The third kappa shape index (κ3) is 4.93. The number of non-ortho nitro benzene ring substituents is 1. The largest absolute Gasteiger partial charge is 0.495 e. The van der Waals surface area contributed by atoms with Gasteiger partial charge in [-0.2, -0.15) is 0 Å². The average molecular weight is 414 g/mol. The summed E-state index contributed by atoms with van der Waals surface area (Å²) in [6.07, 6.45) is 0. The number of nitro groups is 1. The molecule has 0 bridgehead atoms. The molecule has 0 aromatic heterocycles. The van der Waals surface area contributed by atoms with Crippen molar-refractivity contribution in [2.45, 2.75) is 13.0 Å². The van der Waals surface area contributed by atoms with Crippen molar-refractivity contribution in [3.8, 4) is 11.5 Å². The number of anilines is 2. The van der Waals surface area contributed by atoms with E-state index >= 15 is 0 Å². The summed E-state index contributed by atoms with van der Waals surface area (Å²) in [5.41, 5.74) is 0.444. The summed E-state index contributed by atoms with van der Waals surface area (Å²) in [5, 5.41) is 17.0. The highest BCUT2D eigenvalue weighted by molar-refractivity contribution is 6.34. The van der Waals surface area contributed by atoms with Gasteiger partial charge in [-0.05, 0) is 19.1 Å². The monoisotopic (exact) mass is 413 g/mol. The number of rotatable bonds is 7. The van der Waals surface area contributed by atoms with Crippen molar-refractivity contribution >= 4 is 46.2 Å². The van der Waals surface area contributed by atoms with Crippen LogP contribution in [0.1, 0.15) is 6.92 Å². The maximum atomic E-state index is 12.5. The van der Waals surface area contributed by atoms with Crippen molar-refractivity contribution in [3.05, 3.63) is 50.5 Å². The zero-order valence-corrected chi connectivity index (χ0v) is 16.2. The number of hydrogen-bond donors (Lipinski definition) is 2. The van der Waals surface area contributed by atoms with Gasteiger partial charge in [-0.3, -0.25) is 14.9 Å². The molecular weight excluding hydrogens is 397 g/mol. The summed E-state index contributed by atoms with van der Waals surface area (Å²) in [7, 11) is 2.95. The summed E-state index contributed by atoms with van der Waals surface area (Å²) in [6.45, 7) is 1.61. The van der Waals surface area contributed by atoms with Crippen LogP contribution in [0.2, 0.25) is 10.0 Å².